The van der Waals surface area contributed by atoms with Crippen LogP contribution in [0.5, 0.6) is 17.2 Å². The average Bonchev–Trinajstić information content (AvgIpc) is 2.77. The fourth-order valence-corrected chi connectivity index (χ4v) is 4.51. The fraction of sp³-hybridized carbons (Fsp3) is 0.438. The van der Waals surface area contributed by atoms with Crippen LogP contribution >= 0.6 is 11.6 Å². The lowest BCUT2D eigenvalue weighted by Gasteiger charge is -2.33. The molecular formula is C32H41ClO3. The van der Waals surface area contributed by atoms with E-state index >= 15 is 0 Å². The maximum atomic E-state index is 6.23. The Hall–Kier alpha value is -2.49. The summed E-state index contributed by atoms with van der Waals surface area (Å²) in [6.45, 7) is 19.3. The van der Waals surface area contributed by atoms with E-state index in [-0.39, 0.29) is 16.2 Å². The highest BCUT2D eigenvalue weighted by Crippen LogP contribution is 2.37. The maximum Gasteiger partial charge on any atom is 0.132 e. The Bertz CT molecular complexity index is 1180. The lowest BCUT2D eigenvalue weighted by atomic mass is 9.72. The quantitative estimate of drug-likeness (QED) is 0.303. The van der Waals surface area contributed by atoms with Crippen molar-refractivity contribution in [2.75, 3.05) is 13.7 Å². The van der Waals surface area contributed by atoms with Crippen LogP contribution in [0.15, 0.2) is 60.7 Å². The van der Waals surface area contributed by atoms with Crippen molar-refractivity contribution in [1.29, 1.82) is 0 Å². The first-order chi connectivity index (χ1) is 16.7. The molecule has 4 heteroatoms. The number of rotatable bonds is 8. The van der Waals surface area contributed by atoms with Crippen molar-refractivity contribution < 1.29 is 14.2 Å². The molecular weight excluding hydrogens is 468 g/mol. The molecule has 0 amide bonds. The second-order valence-corrected chi connectivity index (χ2v) is 12.6. The van der Waals surface area contributed by atoms with Crippen molar-refractivity contribution in [1.82, 2.24) is 0 Å². The van der Waals surface area contributed by atoms with Crippen LogP contribution in [0.4, 0.5) is 0 Å². The number of halogens is 1. The minimum atomic E-state index is -0.123. The van der Waals surface area contributed by atoms with E-state index in [1.807, 2.05) is 30.3 Å². The molecule has 3 aromatic rings. The van der Waals surface area contributed by atoms with Crippen LogP contribution in [0.2, 0.25) is 5.02 Å². The number of hydrogen-bond acceptors (Lipinski definition) is 3. The lowest BCUT2D eigenvalue weighted by Crippen LogP contribution is -2.27. The number of methoxy groups -OCH3 is 1. The molecule has 0 heterocycles. The zero-order valence-corrected chi connectivity index (χ0v) is 24.0. The molecule has 194 valence electrons. The summed E-state index contributed by atoms with van der Waals surface area (Å²) in [5, 5.41) is 0.566. The van der Waals surface area contributed by atoms with Crippen LogP contribution in [0.3, 0.4) is 0 Å². The van der Waals surface area contributed by atoms with Crippen molar-refractivity contribution in [2.24, 2.45) is 0 Å². The van der Waals surface area contributed by atoms with Gasteiger partial charge in [-0.05, 0) is 57.3 Å². The van der Waals surface area contributed by atoms with Gasteiger partial charge in [0.2, 0.25) is 0 Å². The Morgan fingerprint density at radius 3 is 2.00 bits per heavy atom. The first-order valence-electron chi connectivity index (χ1n) is 12.5. The van der Waals surface area contributed by atoms with Gasteiger partial charge in [-0.1, -0.05) is 97.3 Å². The molecule has 0 aliphatic heterocycles. The fourth-order valence-electron chi connectivity index (χ4n) is 4.30. The average molecular weight is 509 g/mol. The summed E-state index contributed by atoms with van der Waals surface area (Å²) in [6, 6.07) is 20.2. The number of ether oxygens (including phenoxy) is 3. The van der Waals surface area contributed by atoms with E-state index in [4.69, 9.17) is 25.8 Å². The molecule has 0 aliphatic carbocycles. The van der Waals surface area contributed by atoms with E-state index in [2.05, 4.69) is 73.6 Å². The summed E-state index contributed by atoms with van der Waals surface area (Å²) < 4.78 is 17.5. The first kappa shape index (κ1) is 28.1. The number of benzene rings is 3. The Labute approximate surface area is 222 Å². The van der Waals surface area contributed by atoms with Gasteiger partial charge in [0.25, 0.3) is 0 Å². The van der Waals surface area contributed by atoms with Gasteiger partial charge in [0, 0.05) is 16.5 Å². The summed E-state index contributed by atoms with van der Waals surface area (Å²) >= 11 is 6.17. The van der Waals surface area contributed by atoms with Crippen LogP contribution in [-0.4, -0.2) is 13.7 Å². The molecule has 0 fully saturated rings. The van der Waals surface area contributed by atoms with Gasteiger partial charge in [0.1, 0.15) is 17.2 Å². The lowest BCUT2D eigenvalue weighted by molar-refractivity contribution is 0.0823. The molecule has 0 saturated heterocycles. The summed E-state index contributed by atoms with van der Waals surface area (Å²) in [6.07, 6.45) is 0. The third-order valence-corrected chi connectivity index (χ3v) is 6.58. The zero-order valence-electron chi connectivity index (χ0n) is 23.3. The second-order valence-electron chi connectivity index (χ2n) is 12.2. The van der Waals surface area contributed by atoms with E-state index in [1.165, 1.54) is 16.7 Å². The van der Waals surface area contributed by atoms with E-state index in [0.29, 0.717) is 29.7 Å². The summed E-state index contributed by atoms with van der Waals surface area (Å²) in [7, 11) is 1.61. The smallest absolute Gasteiger partial charge is 0.132 e. The van der Waals surface area contributed by atoms with Crippen LogP contribution in [-0.2, 0) is 27.6 Å². The van der Waals surface area contributed by atoms with Gasteiger partial charge in [-0.15, -0.1) is 0 Å². The summed E-state index contributed by atoms with van der Waals surface area (Å²) in [4.78, 5) is 0. The molecule has 0 aromatic heterocycles. The minimum Gasteiger partial charge on any atom is -0.497 e. The molecule has 0 saturated carbocycles. The standard InChI is InChI=1S/C32H41ClO3/c1-30(2,3)28-14-13-23(16-29(28)31(4,5)6)32(7,8)21-35-20-22-11-10-12-25(15-22)36-27-18-24(33)17-26(19-27)34-9/h10-19H,20-21H2,1-9H3. The topological polar surface area (TPSA) is 27.7 Å². The summed E-state index contributed by atoms with van der Waals surface area (Å²) in [5.41, 5.74) is 5.21. The van der Waals surface area contributed by atoms with Crippen LogP contribution in [0.1, 0.15) is 77.6 Å². The SMILES string of the molecule is COc1cc(Cl)cc(Oc2cccc(COCC(C)(C)c3ccc(C(C)(C)C)c(C(C)(C)C)c3)c2)c1. The normalized spacial score (nSPS) is 12.5. The summed E-state index contributed by atoms with van der Waals surface area (Å²) in [5.74, 6) is 2.02. The Morgan fingerprint density at radius 2 is 1.36 bits per heavy atom. The largest absolute Gasteiger partial charge is 0.497 e. The predicted molar refractivity (Wildman–Crippen MR) is 151 cm³/mol. The zero-order chi connectivity index (χ0) is 26.7. The van der Waals surface area contributed by atoms with Crippen molar-refractivity contribution in [3.05, 3.63) is 87.9 Å². The first-order valence-corrected chi connectivity index (χ1v) is 12.9. The van der Waals surface area contributed by atoms with Gasteiger partial charge in [0.05, 0.1) is 20.3 Å². The van der Waals surface area contributed by atoms with Crippen LogP contribution in [0.25, 0.3) is 0 Å². The third kappa shape index (κ3) is 7.27. The second kappa shape index (κ2) is 10.9. The van der Waals surface area contributed by atoms with E-state index in [0.717, 1.165) is 11.3 Å². The minimum absolute atomic E-state index is 0.0724. The highest BCUT2D eigenvalue weighted by Gasteiger charge is 2.28. The van der Waals surface area contributed by atoms with Gasteiger partial charge >= 0.3 is 0 Å². The highest BCUT2D eigenvalue weighted by molar-refractivity contribution is 6.30. The van der Waals surface area contributed by atoms with E-state index in [9.17, 15) is 0 Å². The van der Waals surface area contributed by atoms with Crippen molar-refractivity contribution in [2.45, 2.75) is 78.2 Å². The van der Waals surface area contributed by atoms with E-state index < -0.39 is 0 Å². The van der Waals surface area contributed by atoms with E-state index in [1.54, 1.807) is 19.2 Å². The number of hydrogen-bond donors (Lipinski definition) is 0. The van der Waals surface area contributed by atoms with Gasteiger partial charge in [-0.2, -0.15) is 0 Å². The van der Waals surface area contributed by atoms with Crippen molar-refractivity contribution in [3.63, 3.8) is 0 Å². The van der Waals surface area contributed by atoms with Crippen LogP contribution in [0, 0.1) is 0 Å². The molecule has 36 heavy (non-hydrogen) atoms. The Morgan fingerprint density at radius 1 is 0.694 bits per heavy atom. The van der Waals surface area contributed by atoms with Gasteiger partial charge < -0.3 is 14.2 Å². The van der Waals surface area contributed by atoms with Gasteiger partial charge in [-0.25, -0.2) is 0 Å². The molecule has 0 atom stereocenters. The molecule has 0 radical (unpaired) electrons. The Kier molecular flexibility index (Phi) is 8.48. The third-order valence-electron chi connectivity index (χ3n) is 6.36. The van der Waals surface area contributed by atoms with Gasteiger partial charge in [-0.3, -0.25) is 0 Å². The molecule has 3 rings (SSSR count). The highest BCUT2D eigenvalue weighted by atomic mass is 35.5. The molecule has 0 spiro atoms. The molecule has 3 aromatic carbocycles. The van der Waals surface area contributed by atoms with Crippen LogP contribution < -0.4 is 9.47 Å². The predicted octanol–water partition coefficient (Wildman–Crippen LogP) is 9.23. The molecule has 3 nitrogen and oxygen atoms in total. The maximum absolute atomic E-state index is 6.23. The molecule has 0 unspecified atom stereocenters. The van der Waals surface area contributed by atoms with Crippen molar-refractivity contribution >= 4 is 11.6 Å². The monoisotopic (exact) mass is 508 g/mol. The molecule has 0 aliphatic rings. The molecule has 0 N–H and O–H groups in total. The van der Waals surface area contributed by atoms with Crippen molar-refractivity contribution in [3.8, 4) is 17.2 Å². The van der Waals surface area contributed by atoms with Gasteiger partial charge in [0.15, 0.2) is 0 Å². The molecule has 0 bridgehead atoms. The Balaban J connectivity index is 1.70.